The average molecular weight is 307 g/mol. The molecule has 1 amide bonds. The van der Waals surface area contributed by atoms with Gasteiger partial charge in [-0.25, -0.2) is 0 Å². The number of amides is 1. The van der Waals surface area contributed by atoms with Crippen molar-refractivity contribution >= 4 is 11.9 Å². The van der Waals surface area contributed by atoms with E-state index in [0.29, 0.717) is 6.61 Å². The van der Waals surface area contributed by atoms with Gasteiger partial charge in [0.15, 0.2) is 0 Å². The lowest BCUT2D eigenvalue weighted by Crippen LogP contribution is -2.33. The molecule has 0 bridgehead atoms. The van der Waals surface area contributed by atoms with E-state index >= 15 is 0 Å². The van der Waals surface area contributed by atoms with Gasteiger partial charge in [0.25, 0.3) is 0 Å². The van der Waals surface area contributed by atoms with Crippen LogP contribution in [0.5, 0.6) is 0 Å². The SMILES string of the molecule is CCCCCOCC(=O)NC(CC(=O)O)c1ccccc1C. The Hall–Kier alpha value is -1.88. The second kappa shape index (κ2) is 9.95. The van der Waals surface area contributed by atoms with Gasteiger partial charge in [-0.1, -0.05) is 44.0 Å². The third kappa shape index (κ3) is 6.72. The third-order valence-corrected chi connectivity index (χ3v) is 3.40. The van der Waals surface area contributed by atoms with Crippen LogP contribution in [-0.2, 0) is 14.3 Å². The Balaban J connectivity index is 2.56. The Bertz CT molecular complexity index is 487. The number of carbonyl (C=O) groups excluding carboxylic acids is 1. The van der Waals surface area contributed by atoms with Crippen molar-refractivity contribution in [2.45, 2.75) is 45.6 Å². The van der Waals surface area contributed by atoms with Crippen molar-refractivity contribution in [1.82, 2.24) is 5.32 Å². The molecule has 0 aliphatic carbocycles. The number of carbonyl (C=O) groups is 2. The first-order valence-electron chi connectivity index (χ1n) is 7.69. The molecule has 0 radical (unpaired) electrons. The van der Waals surface area contributed by atoms with E-state index in [4.69, 9.17) is 9.84 Å². The van der Waals surface area contributed by atoms with Crippen molar-refractivity contribution in [3.8, 4) is 0 Å². The van der Waals surface area contributed by atoms with Gasteiger partial charge >= 0.3 is 5.97 Å². The Kier molecular flexibility index (Phi) is 8.22. The molecular weight excluding hydrogens is 282 g/mol. The van der Waals surface area contributed by atoms with E-state index in [2.05, 4.69) is 12.2 Å². The summed E-state index contributed by atoms with van der Waals surface area (Å²) in [5.74, 6) is -1.23. The summed E-state index contributed by atoms with van der Waals surface area (Å²) >= 11 is 0. The lowest BCUT2D eigenvalue weighted by atomic mass is 9.99. The molecule has 1 rings (SSSR count). The molecule has 2 N–H and O–H groups in total. The number of aliphatic carboxylic acids is 1. The van der Waals surface area contributed by atoms with Crippen molar-refractivity contribution in [2.75, 3.05) is 13.2 Å². The monoisotopic (exact) mass is 307 g/mol. The normalized spacial score (nSPS) is 11.9. The minimum absolute atomic E-state index is 0.0360. The molecule has 0 aromatic heterocycles. The summed E-state index contributed by atoms with van der Waals surface area (Å²) in [4.78, 5) is 22.9. The first kappa shape index (κ1) is 18.2. The van der Waals surface area contributed by atoms with Gasteiger partial charge in [-0.3, -0.25) is 9.59 Å². The molecule has 1 aromatic rings. The number of carboxylic acids is 1. The average Bonchev–Trinajstić information content (AvgIpc) is 2.46. The van der Waals surface area contributed by atoms with Gasteiger partial charge in [0.05, 0.1) is 12.5 Å². The maximum atomic E-state index is 11.9. The van der Waals surface area contributed by atoms with Crippen LogP contribution in [-0.4, -0.2) is 30.2 Å². The molecule has 0 aliphatic heterocycles. The first-order chi connectivity index (χ1) is 10.5. The topological polar surface area (TPSA) is 75.6 Å². The summed E-state index contributed by atoms with van der Waals surface area (Å²) in [6.07, 6.45) is 2.96. The Labute approximate surface area is 131 Å². The van der Waals surface area contributed by atoms with Crippen molar-refractivity contribution in [3.63, 3.8) is 0 Å². The number of nitrogens with one attached hydrogen (secondary N) is 1. The minimum Gasteiger partial charge on any atom is -0.481 e. The molecule has 0 heterocycles. The highest BCUT2D eigenvalue weighted by atomic mass is 16.5. The molecule has 122 valence electrons. The minimum atomic E-state index is -0.947. The highest BCUT2D eigenvalue weighted by Gasteiger charge is 2.19. The van der Waals surface area contributed by atoms with Crippen molar-refractivity contribution in [1.29, 1.82) is 0 Å². The van der Waals surface area contributed by atoms with E-state index in [1.54, 1.807) is 0 Å². The molecule has 22 heavy (non-hydrogen) atoms. The number of hydrogen-bond acceptors (Lipinski definition) is 3. The second-order valence-electron chi connectivity index (χ2n) is 5.33. The Morgan fingerprint density at radius 2 is 2.00 bits per heavy atom. The lowest BCUT2D eigenvalue weighted by Gasteiger charge is -2.19. The standard InChI is InChI=1S/C17H25NO4/c1-3-4-7-10-22-12-16(19)18-15(11-17(20)21)14-9-6-5-8-13(14)2/h5-6,8-9,15H,3-4,7,10-12H2,1-2H3,(H,18,19)(H,20,21). The van der Waals surface area contributed by atoms with Crippen molar-refractivity contribution < 1.29 is 19.4 Å². The smallest absolute Gasteiger partial charge is 0.305 e. The first-order valence-corrected chi connectivity index (χ1v) is 7.69. The largest absolute Gasteiger partial charge is 0.481 e. The fraction of sp³-hybridized carbons (Fsp3) is 0.529. The zero-order valence-corrected chi connectivity index (χ0v) is 13.3. The van der Waals surface area contributed by atoms with Gasteiger partial charge in [-0.15, -0.1) is 0 Å². The second-order valence-corrected chi connectivity index (χ2v) is 5.33. The molecular formula is C17H25NO4. The van der Waals surface area contributed by atoms with E-state index in [1.165, 1.54) is 0 Å². The molecule has 0 fully saturated rings. The number of benzene rings is 1. The van der Waals surface area contributed by atoms with Crippen LogP contribution in [0, 0.1) is 6.92 Å². The predicted octanol–water partition coefficient (Wildman–Crippen LogP) is 2.83. The van der Waals surface area contributed by atoms with E-state index in [1.807, 2.05) is 31.2 Å². The molecule has 5 heteroatoms. The highest BCUT2D eigenvalue weighted by Crippen LogP contribution is 2.20. The predicted molar refractivity (Wildman–Crippen MR) is 84.7 cm³/mol. The summed E-state index contributed by atoms with van der Waals surface area (Å²) in [5, 5.41) is 11.8. The van der Waals surface area contributed by atoms with Gasteiger partial charge in [0.2, 0.25) is 5.91 Å². The van der Waals surface area contributed by atoms with Crippen LogP contribution >= 0.6 is 0 Å². The number of aryl methyl sites for hydroxylation is 1. The van der Waals surface area contributed by atoms with Crippen LogP contribution in [0.2, 0.25) is 0 Å². The van der Waals surface area contributed by atoms with E-state index < -0.39 is 12.0 Å². The molecule has 0 spiro atoms. The molecule has 0 aliphatic rings. The van der Waals surface area contributed by atoms with Crippen LogP contribution in [0.4, 0.5) is 0 Å². The zero-order chi connectivity index (χ0) is 16.4. The summed E-state index contributed by atoms with van der Waals surface area (Å²) in [7, 11) is 0. The molecule has 0 saturated heterocycles. The fourth-order valence-corrected chi connectivity index (χ4v) is 2.25. The summed E-state index contributed by atoms with van der Waals surface area (Å²) in [6, 6.07) is 6.92. The lowest BCUT2D eigenvalue weighted by molar-refractivity contribution is -0.138. The van der Waals surface area contributed by atoms with E-state index in [0.717, 1.165) is 30.4 Å². The van der Waals surface area contributed by atoms with Crippen LogP contribution in [0.25, 0.3) is 0 Å². The van der Waals surface area contributed by atoms with Crippen LogP contribution in [0.3, 0.4) is 0 Å². The van der Waals surface area contributed by atoms with Crippen LogP contribution < -0.4 is 5.32 Å². The quantitative estimate of drug-likeness (QED) is 0.652. The fourth-order valence-electron chi connectivity index (χ4n) is 2.25. The summed E-state index contributed by atoms with van der Waals surface area (Å²) in [6.45, 7) is 4.52. The number of rotatable bonds is 10. The van der Waals surface area contributed by atoms with Gasteiger partial charge < -0.3 is 15.2 Å². The van der Waals surface area contributed by atoms with Gasteiger partial charge in [0, 0.05) is 6.61 Å². The van der Waals surface area contributed by atoms with E-state index in [9.17, 15) is 9.59 Å². The highest BCUT2D eigenvalue weighted by molar-refractivity contribution is 5.79. The van der Waals surface area contributed by atoms with E-state index in [-0.39, 0.29) is 18.9 Å². The Morgan fingerprint density at radius 1 is 1.27 bits per heavy atom. The van der Waals surface area contributed by atoms with Crippen molar-refractivity contribution in [2.24, 2.45) is 0 Å². The Morgan fingerprint density at radius 3 is 2.64 bits per heavy atom. The number of unbranched alkanes of at least 4 members (excludes halogenated alkanes) is 2. The van der Waals surface area contributed by atoms with Crippen LogP contribution in [0.15, 0.2) is 24.3 Å². The van der Waals surface area contributed by atoms with Crippen molar-refractivity contribution in [3.05, 3.63) is 35.4 Å². The molecule has 5 nitrogen and oxygen atoms in total. The molecule has 1 unspecified atom stereocenters. The van der Waals surface area contributed by atoms with Gasteiger partial charge in [-0.05, 0) is 24.5 Å². The number of ether oxygens (including phenoxy) is 1. The van der Waals surface area contributed by atoms with Gasteiger partial charge in [0.1, 0.15) is 6.61 Å². The third-order valence-electron chi connectivity index (χ3n) is 3.40. The number of carboxylic acid groups (broad SMARTS) is 1. The molecule has 1 aromatic carbocycles. The maximum Gasteiger partial charge on any atom is 0.305 e. The number of hydrogen-bond donors (Lipinski definition) is 2. The van der Waals surface area contributed by atoms with Gasteiger partial charge in [-0.2, -0.15) is 0 Å². The molecule has 1 atom stereocenters. The zero-order valence-electron chi connectivity index (χ0n) is 13.3. The maximum absolute atomic E-state index is 11.9. The summed E-state index contributed by atoms with van der Waals surface area (Å²) in [5.41, 5.74) is 1.78. The molecule has 0 saturated carbocycles. The summed E-state index contributed by atoms with van der Waals surface area (Å²) < 4.78 is 5.31. The van der Waals surface area contributed by atoms with Crippen LogP contribution in [0.1, 0.15) is 49.8 Å².